The number of rotatable bonds is 6. The SMILES string of the molecule is O=C(c1cccc(S(=O)(=O)N2CCCC2)c1)N(Cc1ccco1)C1CC1. The first-order valence-electron chi connectivity index (χ1n) is 8.99. The van der Waals surface area contributed by atoms with E-state index in [1.54, 1.807) is 35.4 Å². The molecule has 2 aliphatic rings. The van der Waals surface area contributed by atoms with Crippen LogP contribution in [0.15, 0.2) is 52.0 Å². The molecule has 4 rings (SSSR count). The van der Waals surface area contributed by atoms with Gasteiger partial charge in [-0.3, -0.25) is 4.79 Å². The third-order valence-electron chi connectivity index (χ3n) is 4.94. The van der Waals surface area contributed by atoms with Gasteiger partial charge in [-0.25, -0.2) is 8.42 Å². The Labute approximate surface area is 153 Å². The van der Waals surface area contributed by atoms with Crippen molar-refractivity contribution in [2.45, 2.75) is 43.2 Å². The summed E-state index contributed by atoms with van der Waals surface area (Å²) < 4.78 is 32.4. The number of benzene rings is 1. The van der Waals surface area contributed by atoms with Gasteiger partial charge < -0.3 is 9.32 Å². The highest BCUT2D eigenvalue weighted by Gasteiger charge is 2.34. The zero-order valence-corrected chi connectivity index (χ0v) is 15.3. The lowest BCUT2D eigenvalue weighted by Crippen LogP contribution is -2.33. The van der Waals surface area contributed by atoms with Crippen LogP contribution in [0.3, 0.4) is 0 Å². The zero-order valence-electron chi connectivity index (χ0n) is 14.5. The van der Waals surface area contributed by atoms with Crippen molar-refractivity contribution in [1.82, 2.24) is 9.21 Å². The fourth-order valence-corrected chi connectivity index (χ4v) is 4.92. The molecule has 0 N–H and O–H groups in total. The minimum atomic E-state index is -3.53. The fourth-order valence-electron chi connectivity index (χ4n) is 3.36. The standard InChI is InChI=1S/C19H22N2O4S/c22-19(21(16-8-9-16)14-17-6-4-12-25-17)15-5-3-7-18(13-15)26(23,24)20-10-1-2-11-20/h3-7,12-13,16H,1-2,8-11,14H2. The molecule has 1 aliphatic heterocycles. The molecule has 1 saturated heterocycles. The lowest BCUT2D eigenvalue weighted by molar-refractivity contribution is 0.0717. The molecule has 7 heteroatoms. The Morgan fingerprint density at radius 1 is 1.15 bits per heavy atom. The van der Waals surface area contributed by atoms with Crippen molar-refractivity contribution in [3.05, 3.63) is 54.0 Å². The normalized spacial score (nSPS) is 18.2. The van der Waals surface area contributed by atoms with Gasteiger partial charge in [-0.05, 0) is 56.0 Å². The van der Waals surface area contributed by atoms with E-state index in [0.29, 0.717) is 25.2 Å². The van der Waals surface area contributed by atoms with E-state index >= 15 is 0 Å². The van der Waals surface area contributed by atoms with Gasteiger partial charge in [0.15, 0.2) is 0 Å². The average molecular weight is 374 g/mol. The molecule has 1 aromatic heterocycles. The van der Waals surface area contributed by atoms with Gasteiger partial charge in [-0.15, -0.1) is 0 Å². The minimum Gasteiger partial charge on any atom is -0.467 e. The monoisotopic (exact) mass is 374 g/mol. The molecule has 1 saturated carbocycles. The Bertz CT molecular complexity index is 882. The van der Waals surface area contributed by atoms with Crippen molar-refractivity contribution < 1.29 is 17.6 Å². The Morgan fingerprint density at radius 2 is 1.92 bits per heavy atom. The highest BCUT2D eigenvalue weighted by atomic mass is 32.2. The van der Waals surface area contributed by atoms with E-state index in [-0.39, 0.29) is 16.8 Å². The summed E-state index contributed by atoms with van der Waals surface area (Å²) in [7, 11) is -3.53. The van der Waals surface area contributed by atoms with E-state index in [9.17, 15) is 13.2 Å². The molecule has 1 amide bonds. The maximum Gasteiger partial charge on any atom is 0.254 e. The summed E-state index contributed by atoms with van der Waals surface area (Å²) in [4.78, 5) is 15.0. The van der Waals surface area contributed by atoms with Crippen molar-refractivity contribution in [2.24, 2.45) is 0 Å². The lowest BCUT2D eigenvalue weighted by Gasteiger charge is -2.22. The molecule has 1 aliphatic carbocycles. The molecule has 0 radical (unpaired) electrons. The van der Waals surface area contributed by atoms with Crippen LogP contribution < -0.4 is 0 Å². The number of hydrogen-bond donors (Lipinski definition) is 0. The number of carbonyl (C=O) groups excluding carboxylic acids is 1. The maximum atomic E-state index is 13.0. The largest absolute Gasteiger partial charge is 0.467 e. The number of carbonyl (C=O) groups is 1. The third-order valence-corrected chi connectivity index (χ3v) is 6.83. The first-order valence-corrected chi connectivity index (χ1v) is 10.4. The Hall–Kier alpha value is -2.12. The average Bonchev–Trinajstić information content (AvgIpc) is 3.13. The smallest absolute Gasteiger partial charge is 0.254 e. The van der Waals surface area contributed by atoms with Crippen LogP contribution in [0.5, 0.6) is 0 Å². The van der Waals surface area contributed by atoms with Crippen LogP contribution in [0, 0.1) is 0 Å². The number of furan rings is 1. The molecule has 138 valence electrons. The van der Waals surface area contributed by atoms with Gasteiger partial charge in [0.2, 0.25) is 10.0 Å². The third kappa shape index (κ3) is 3.41. The predicted octanol–water partition coefficient (Wildman–Crippen LogP) is 2.87. The minimum absolute atomic E-state index is 0.151. The molecule has 6 nitrogen and oxygen atoms in total. The Balaban J connectivity index is 1.59. The van der Waals surface area contributed by atoms with Gasteiger partial charge in [0, 0.05) is 24.7 Å². The van der Waals surface area contributed by atoms with Crippen LogP contribution in [0.1, 0.15) is 41.8 Å². The molecular weight excluding hydrogens is 352 g/mol. The van der Waals surface area contributed by atoms with Gasteiger partial charge >= 0.3 is 0 Å². The quantitative estimate of drug-likeness (QED) is 0.779. The van der Waals surface area contributed by atoms with Gasteiger partial charge in [-0.1, -0.05) is 6.07 Å². The Kier molecular flexibility index (Phi) is 4.58. The van der Waals surface area contributed by atoms with Gasteiger partial charge in [0.05, 0.1) is 17.7 Å². The second-order valence-corrected chi connectivity index (χ2v) is 8.82. The molecular formula is C19H22N2O4S. The summed E-state index contributed by atoms with van der Waals surface area (Å²) in [6.45, 7) is 1.50. The van der Waals surface area contributed by atoms with Gasteiger partial charge in [0.25, 0.3) is 5.91 Å². The highest BCUT2D eigenvalue weighted by molar-refractivity contribution is 7.89. The van der Waals surface area contributed by atoms with E-state index in [2.05, 4.69) is 0 Å². The van der Waals surface area contributed by atoms with Crippen LogP contribution in [0.25, 0.3) is 0 Å². The topological polar surface area (TPSA) is 70.8 Å². The van der Waals surface area contributed by atoms with Crippen molar-refractivity contribution in [2.75, 3.05) is 13.1 Å². The first-order chi connectivity index (χ1) is 12.6. The van der Waals surface area contributed by atoms with Gasteiger partial charge in [0.1, 0.15) is 5.76 Å². The number of hydrogen-bond acceptors (Lipinski definition) is 4. The van der Waals surface area contributed by atoms with Crippen LogP contribution in [-0.2, 0) is 16.6 Å². The number of sulfonamides is 1. The van der Waals surface area contributed by atoms with E-state index in [1.807, 2.05) is 6.07 Å². The van der Waals surface area contributed by atoms with Crippen LogP contribution in [0.4, 0.5) is 0 Å². The molecule has 0 atom stereocenters. The number of nitrogens with zero attached hydrogens (tertiary/aromatic N) is 2. The Morgan fingerprint density at radius 3 is 2.58 bits per heavy atom. The van der Waals surface area contributed by atoms with E-state index in [1.165, 1.54) is 10.4 Å². The molecule has 26 heavy (non-hydrogen) atoms. The fraction of sp³-hybridized carbons (Fsp3) is 0.421. The summed E-state index contributed by atoms with van der Waals surface area (Å²) >= 11 is 0. The van der Waals surface area contributed by atoms with E-state index < -0.39 is 10.0 Å². The predicted molar refractivity (Wildman–Crippen MR) is 96.0 cm³/mol. The zero-order chi connectivity index (χ0) is 18.1. The van der Waals surface area contributed by atoms with Crippen LogP contribution in [-0.4, -0.2) is 42.7 Å². The van der Waals surface area contributed by atoms with E-state index in [4.69, 9.17) is 4.42 Å². The highest BCUT2D eigenvalue weighted by Crippen LogP contribution is 2.30. The molecule has 1 aromatic carbocycles. The molecule has 2 aromatic rings. The van der Waals surface area contributed by atoms with E-state index in [0.717, 1.165) is 31.4 Å². The van der Waals surface area contributed by atoms with Crippen molar-refractivity contribution in [3.8, 4) is 0 Å². The van der Waals surface area contributed by atoms with Gasteiger partial charge in [-0.2, -0.15) is 4.31 Å². The van der Waals surface area contributed by atoms with Crippen molar-refractivity contribution in [3.63, 3.8) is 0 Å². The first kappa shape index (κ1) is 17.3. The summed E-state index contributed by atoms with van der Waals surface area (Å²) in [6, 6.07) is 10.3. The maximum absolute atomic E-state index is 13.0. The second kappa shape index (κ2) is 6.89. The lowest BCUT2D eigenvalue weighted by atomic mass is 10.2. The molecule has 0 spiro atoms. The van der Waals surface area contributed by atoms with Crippen LogP contribution >= 0.6 is 0 Å². The van der Waals surface area contributed by atoms with Crippen molar-refractivity contribution >= 4 is 15.9 Å². The molecule has 0 unspecified atom stereocenters. The molecule has 2 heterocycles. The molecule has 2 fully saturated rings. The summed E-state index contributed by atoms with van der Waals surface area (Å²) in [5.41, 5.74) is 0.406. The van der Waals surface area contributed by atoms with Crippen LogP contribution in [0.2, 0.25) is 0 Å². The molecule has 0 bridgehead atoms. The summed E-state index contributed by atoms with van der Waals surface area (Å²) in [5, 5.41) is 0. The number of amides is 1. The second-order valence-electron chi connectivity index (χ2n) is 6.88. The summed E-state index contributed by atoms with van der Waals surface area (Å²) in [6.07, 6.45) is 5.30. The van der Waals surface area contributed by atoms with Crippen molar-refractivity contribution in [1.29, 1.82) is 0 Å². The summed E-state index contributed by atoms with van der Waals surface area (Å²) in [5.74, 6) is 0.577.